The summed E-state index contributed by atoms with van der Waals surface area (Å²) in [6, 6.07) is 26.0. The first-order valence-corrected chi connectivity index (χ1v) is 11.3. The summed E-state index contributed by atoms with van der Waals surface area (Å²) in [7, 11) is 3.44. The molecule has 1 saturated heterocycles. The highest BCUT2D eigenvalue weighted by Gasteiger charge is 2.31. The molecule has 3 aromatic rings. The zero-order chi connectivity index (χ0) is 23.2. The molecule has 2 amide bonds. The van der Waals surface area contributed by atoms with Crippen LogP contribution in [0.2, 0.25) is 0 Å². The van der Waals surface area contributed by atoms with Crippen LogP contribution >= 0.6 is 0 Å². The number of nitrogens with zero attached hydrogens (tertiary/aromatic N) is 2. The molecule has 0 radical (unpaired) electrons. The molecule has 1 aliphatic rings. The van der Waals surface area contributed by atoms with Gasteiger partial charge in [0.05, 0.1) is 19.4 Å². The number of carbonyl (C=O) groups is 2. The van der Waals surface area contributed by atoms with Crippen molar-refractivity contribution in [2.24, 2.45) is 5.92 Å². The molecule has 0 spiro atoms. The highest BCUT2D eigenvalue weighted by molar-refractivity contribution is 5.83. The van der Waals surface area contributed by atoms with Crippen molar-refractivity contribution in [3.8, 4) is 16.9 Å². The maximum Gasteiger partial charge on any atom is 0.227 e. The van der Waals surface area contributed by atoms with Gasteiger partial charge in [0.15, 0.2) is 0 Å². The predicted molar refractivity (Wildman–Crippen MR) is 130 cm³/mol. The van der Waals surface area contributed by atoms with Crippen LogP contribution in [0, 0.1) is 5.92 Å². The number of hydrogen-bond acceptors (Lipinski definition) is 3. The molecule has 0 aromatic heterocycles. The molecule has 0 aliphatic carbocycles. The van der Waals surface area contributed by atoms with Crippen LogP contribution in [-0.2, 0) is 22.4 Å². The number of benzene rings is 3. The Hall–Kier alpha value is -3.60. The second kappa shape index (κ2) is 10.3. The summed E-state index contributed by atoms with van der Waals surface area (Å²) in [5.74, 6) is 0.528. The van der Waals surface area contributed by atoms with Crippen LogP contribution in [0.1, 0.15) is 11.1 Å². The van der Waals surface area contributed by atoms with E-state index in [1.54, 1.807) is 12.0 Å². The van der Waals surface area contributed by atoms with Gasteiger partial charge in [0.25, 0.3) is 0 Å². The summed E-state index contributed by atoms with van der Waals surface area (Å²) in [6.45, 7) is 1.49. The number of ether oxygens (including phenoxy) is 1. The van der Waals surface area contributed by atoms with E-state index in [4.69, 9.17) is 4.74 Å². The molecule has 1 aliphatic heterocycles. The van der Waals surface area contributed by atoms with Gasteiger partial charge in [-0.2, -0.15) is 0 Å². The van der Waals surface area contributed by atoms with Crippen LogP contribution in [0.3, 0.4) is 0 Å². The average molecular weight is 443 g/mol. The minimum absolute atomic E-state index is 0.0175. The van der Waals surface area contributed by atoms with Crippen molar-refractivity contribution in [1.82, 2.24) is 9.80 Å². The van der Waals surface area contributed by atoms with Crippen molar-refractivity contribution >= 4 is 11.8 Å². The van der Waals surface area contributed by atoms with E-state index in [0.29, 0.717) is 31.8 Å². The van der Waals surface area contributed by atoms with E-state index in [2.05, 4.69) is 24.3 Å². The number of methoxy groups -OCH3 is 1. The largest absolute Gasteiger partial charge is 0.496 e. The van der Waals surface area contributed by atoms with Gasteiger partial charge in [-0.3, -0.25) is 9.59 Å². The van der Waals surface area contributed by atoms with Gasteiger partial charge in [0, 0.05) is 32.2 Å². The predicted octanol–water partition coefficient (Wildman–Crippen LogP) is 4.06. The standard InChI is InChI=1S/C28H30N2O3/c1-29-16-17-30(27(31)19-23-13-7-9-15-26(23)33-2)20-24(28(29)32)18-22-12-6-8-14-25(22)21-10-4-3-5-11-21/h3-15,24H,16-20H2,1-2H3. The summed E-state index contributed by atoms with van der Waals surface area (Å²) in [6.07, 6.45) is 0.849. The normalized spacial score (nSPS) is 16.4. The Morgan fingerprint density at radius 1 is 0.909 bits per heavy atom. The third-order valence-electron chi connectivity index (χ3n) is 6.33. The Morgan fingerprint density at radius 2 is 1.58 bits per heavy atom. The van der Waals surface area contributed by atoms with Crippen molar-refractivity contribution in [3.05, 3.63) is 90.0 Å². The molecule has 5 nitrogen and oxygen atoms in total. The van der Waals surface area contributed by atoms with Crippen LogP contribution in [0.15, 0.2) is 78.9 Å². The molecule has 5 heteroatoms. The molecular weight excluding hydrogens is 412 g/mol. The topological polar surface area (TPSA) is 49.9 Å². The van der Waals surface area contributed by atoms with Gasteiger partial charge >= 0.3 is 0 Å². The van der Waals surface area contributed by atoms with E-state index in [1.807, 2.05) is 66.5 Å². The van der Waals surface area contributed by atoms with Gasteiger partial charge in [-0.05, 0) is 29.2 Å². The average Bonchev–Trinajstić information content (AvgIpc) is 2.99. The molecule has 170 valence electrons. The zero-order valence-corrected chi connectivity index (χ0v) is 19.2. The lowest BCUT2D eigenvalue weighted by molar-refractivity contribution is -0.133. The number of hydrogen-bond donors (Lipinski definition) is 0. The van der Waals surface area contributed by atoms with Gasteiger partial charge < -0.3 is 14.5 Å². The fraction of sp³-hybridized carbons (Fsp3) is 0.286. The second-order valence-electron chi connectivity index (χ2n) is 8.51. The minimum atomic E-state index is -0.288. The van der Waals surface area contributed by atoms with E-state index in [9.17, 15) is 9.59 Å². The number of carbonyl (C=O) groups excluding carboxylic acids is 2. The summed E-state index contributed by atoms with van der Waals surface area (Å²) in [5.41, 5.74) is 4.24. The van der Waals surface area contributed by atoms with Crippen molar-refractivity contribution in [3.63, 3.8) is 0 Å². The molecule has 1 fully saturated rings. The molecule has 33 heavy (non-hydrogen) atoms. The third-order valence-corrected chi connectivity index (χ3v) is 6.33. The van der Waals surface area contributed by atoms with Crippen LogP contribution < -0.4 is 4.74 Å². The van der Waals surface area contributed by atoms with Gasteiger partial charge in [0.2, 0.25) is 11.8 Å². The molecular formula is C28H30N2O3. The Labute approximate surface area is 195 Å². The first-order valence-electron chi connectivity index (χ1n) is 11.3. The molecule has 3 aromatic carbocycles. The van der Waals surface area contributed by atoms with E-state index < -0.39 is 0 Å². The number of para-hydroxylation sites is 1. The Bertz CT molecular complexity index is 1110. The highest BCUT2D eigenvalue weighted by Crippen LogP contribution is 2.27. The Balaban J connectivity index is 1.56. The van der Waals surface area contributed by atoms with Crippen LogP contribution in [0.4, 0.5) is 0 Å². The monoisotopic (exact) mass is 442 g/mol. The van der Waals surface area contributed by atoms with Gasteiger partial charge in [-0.15, -0.1) is 0 Å². The maximum atomic E-state index is 13.2. The highest BCUT2D eigenvalue weighted by atomic mass is 16.5. The lowest BCUT2D eigenvalue weighted by Crippen LogP contribution is -2.38. The number of amides is 2. The first-order chi connectivity index (χ1) is 16.1. The zero-order valence-electron chi connectivity index (χ0n) is 19.2. The van der Waals surface area contributed by atoms with E-state index >= 15 is 0 Å². The molecule has 0 bridgehead atoms. The molecule has 1 atom stereocenters. The smallest absolute Gasteiger partial charge is 0.227 e. The summed E-state index contributed by atoms with van der Waals surface area (Å²) in [5, 5.41) is 0. The van der Waals surface area contributed by atoms with E-state index in [-0.39, 0.29) is 24.2 Å². The quantitative estimate of drug-likeness (QED) is 0.578. The third kappa shape index (κ3) is 5.25. The van der Waals surface area contributed by atoms with Crippen molar-refractivity contribution in [1.29, 1.82) is 0 Å². The fourth-order valence-corrected chi connectivity index (χ4v) is 4.49. The summed E-state index contributed by atoms with van der Waals surface area (Å²) < 4.78 is 5.41. The van der Waals surface area contributed by atoms with Crippen molar-refractivity contribution in [2.75, 3.05) is 33.8 Å². The Morgan fingerprint density at radius 3 is 2.33 bits per heavy atom. The lowest BCUT2D eigenvalue weighted by atomic mass is 9.91. The van der Waals surface area contributed by atoms with E-state index in [0.717, 1.165) is 22.3 Å². The van der Waals surface area contributed by atoms with Crippen LogP contribution in [-0.4, -0.2) is 55.4 Å². The number of rotatable bonds is 6. The lowest BCUT2D eigenvalue weighted by Gasteiger charge is -2.24. The molecule has 1 unspecified atom stereocenters. The van der Waals surface area contributed by atoms with Crippen molar-refractivity contribution in [2.45, 2.75) is 12.8 Å². The molecule has 1 heterocycles. The van der Waals surface area contributed by atoms with E-state index in [1.165, 1.54) is 0 Å². The molecule has 4 rings (SSSR count). The van der Waals surface area contributed by atoms with Gasteiger partial charge in [0.1, 0.15) is 5.75 Å². The van der Waals surface area contributed by atoms with Crippen LogP contribution in [0.25, 0.3) is 11.1 Å². The molecule has 0 N–H and O–H groups in total. The molecule has 0 saturated carbocycles. The Kier molecular flexibility index (Phi) is 7.08. The minimum Gasteiger partial charge on any atom is -0.496 e. The van der Waals surface area contributed by atoms with Gasteiger partial charge in [-0.25, -0.2) is 0 Å². The SMILES string of the molecule is COc1ccccc1CC(=O)N1CCN(C)C(=O)C(Cc2ccccc2-c2ccccc2)C1. The summed E-state index contributed by atoms with van der Waals surface area (Å²) in [4.78, 5) is 30.0. The van der Waals surface area contributed by atoms with Crippen LogP contribution in [0.5, 0.6) is 5.75 Å². The van der Waals surface area contributed by atoms with Crippen molar-refractivity contribution < 1.29 is 14.3 Å². The first kappa shape index (κ1) is 22.6. The maximum absolute atomic E-state index is 13.2. The number of likely N-dealkylation sites (N-methyl/N-ethyl adjacent to an activating group) is 1. The fourth-order valence-electron chi connectivity index (χ4n) is 4.49. The summed E-state index contributed by atoms with van der Waals surface area (Å²) >= 11 is 0. The van der Waals surface area contributed by atoms with Gasteiger partial charge in [-0.1, -0.05) is 72.8 Å². The second-order valence-corrected chi connectivity index (χ2v) is 8.51.